The van der Waals surface area contributed by atoms with Crippen molar-refractivity contribution >= 4 is 21.6 Å². The third kappa shape index (κ3) is 3.70. The topological polar surface area (TPSA) is 27.3 Å². The Labute approximate surface area is 118 Å². The fraction of sp³-hybridized carbons (Fsp3) is 0.571. The molecule has 0 radical (unpaired) electrons. The first-order valence-electron chi connectivity index (χ1n) is 6.61. The summed E-state index contributed by atoms with van der Waals surface area (Å²) in [6, 6.07) is 6.96. The van der Waals surface area contributed by atoms with E-state index in [0.717, 1.165) is 37.2 Å². The van der Waals surface area contributed by atoms with Crippen LogP contribution in [0.2, 0.25) is 0 Å². The number of rotatable bonds is 4. The lowest BCUT2D eigenvalue weighted by molar-refractivity contribution is 0.191. The molecule has 1 unspecified atom stereocenters. The predicted molar refractivity (Wildman–Crippen MR) is 81.3 cm³/mol. The molecule has 2 rings (SSSR count). The summed E-state index contributed by atoms with van der Waals surface area (Å²) in [5.74, 6) is 0. The molecule has 2 N–H and O–H groups in total. The number of halogens is 1. The van der Waals surface area contributed by atoms with Crippen molar-refractivity contribution in [3.63, 3.8) is 0 Å². The number of aryl methyl sites for hydroxylation is 1. The quantitative estimate of drug-likeness (QED) is 0.894. The predicted octanol–water partition coefficient (Wildman–Crippen LogP) is 2.46. The van der Waals surface area contributed by atoms with E-state index in [4.69, 9.17) is 0 Å². The van der Waals surface area contributed by atoms with E-state index in [-0.39, 0.29) is 0 Å². The zero-order valence-corrected chi connectivity index (χ0v) is 12.8. The minimum absolute atomic E-state index is 0.579. The van der Waals surface area contributed by atoms with Crippen molar-refractivity contribution in [2.75, 3.05) is 38.0 Å². The third-order valence-corrected chi connectivity index (χ3v) is 4.04. The first-order valence-corrected chi connectivity index (χ1v) is 7.41. The van der Waals surface area contributed by atoms with Gasteiger partial charge in [-0.25, -0.2) is 0 Å². The Hall–Kier alpha value is -0.580. The molecule has 3 nitrogen and oxygen atoms in total. The van der Waals surface area contributed by atoms with E-state index in [1.165, 1.54) is 11.3 Å². The van der Waals surface area contributed by atoms with Gasteiger partial charge in [-0.3, -0.25) is 4.90 Å². The molecule has 1 heterocycles. The molecule has 1 aromatic rings. The Morgan fingerprint density at radius 3 is 2.78 bits per heavy atom. The molecule has 1 fully saturated rings. The summed E-state index contributed by atoms with van der Waals surface area (Å²) >= 11 is 3.50. The lowest BCUT2D eigenvalue weighted by Crippen LogP contribution is -2.49. The van der Waals surface area contributed by atoms with E-state index in [9.17, 15) is 0 Å². The zero-order valence-electron chi connectivity index (χ0n) is 11.2. The Bertz CT molecular complexity index is 389. The van der Waals surface area contributed by atoms with Gasteiger partial charge >= 0.3 is 0 Å². The van der Waals surface area contributed by atoms with Gasteiger partial charge in [-0.2, -0.15) is 0 Å². The van der Waals surface area contributed by atoms with Crippen molar-refractivity contribution in [2.24, 2.45) is 0 Å². The van der Waals surface area contributed by atoms with Crippen LogP contribution in [0, 0.1) is 6.92 Å². The van der Waals surface area contributed by atoms with Gasteiger partial charge in [0.2, 0.25) is 0 Å². The van der Waals surface area contributed by atoms with Gasteiger partial charge in [0.1, 0.15) is 0 Å². The summed E-state index contributed by atoms with van der Waals surface area (Å²) in [4.78, 5) is 2.54. The molecule has 0 spiro atoms. The lowest BCUT2D eigenvalue weighted by Gasteiger charge is -2.33. The van der Waals surface area contributed by atoms with E-state index < -0.39 is 0 Å². The normalized spacial score (nSPS) is 18.6. The van der Waals surface area contributed by atoms with Crippen LogP contribution < -0.4 is 10.6 Å². The van der Waals surface area contributed by atoms with Gasteiger partial charge in [0, 0.05) is 48.9 Å². The van der Waals surface area contributed by atoms with Gasteiger partial charge in [0.05, 0.1) is 0 Å². The summed E-state index contributed by atoms with van der Waals surface area (Å²) in [5, 5.41) is 6.95. The second kappa shape index (κ2) is 6.55. The van der Waals surface area contributed by atoms with Crippen molar-refractivity contribution in [2.45, 2.75) is 19.9 Å². The maximum atomic E-state index is 3.55. The summed E-state index contributed by atoms with van der Waals surface area (Å²) in [7, 11) is 0. The monoisotopic (exact) mass is 311 g/mol. The van der Waals surface area contributed by atoms with Gasteiger partial charge in [0.15, 0.2) is 0 Å². The van der Waals surface area contributed by atoms with Gasteiger partial charge in [0.25, 0.3) is 0 Å². The number of piperazine rings is 1. The molecule has 0 aromatic heterocycles. The van der Waals surface area contributed by atoms with Crippen molar-refractivity contribution in [1.82, 2.24) is 10.2 Å². The Balaban J connectivity index is 1.86. The first-order chi connectivity index (χ1) is 8.66. The molecule has 1 atom stereocenters. The molecule has 1 aliphatic heterocycles. The fourth-order valence-corrected chi connectivity index (χ4v) is 2.81. The van der Waals surface area contributed by atoms with Gasteiger partial charge in [-0.1, -0.05) is 15.9 Å². The highest BCUT2D eigenvalue weighted by Crippen LogP contribution is 2.20. The van der Waals surface area contributed by atoms with Crippen LogP contribution in [-0.4, -0.2) is 43.7 Å². The van der Waals surface area contributed by atoms with Crippen LogP contribution in [0.1, 0.15) is 12.5 Å². The first kappa shape index (κ1) is 13.8. The average molecular weight is 312 g/mol. The highest BCUT2D eigenvalue weighted by Gasteiger charge is 2.15. The van der Waals surface area contributed by atoms with Gasteiger partial charge < -0.3 is 10.6 Å². The number of nitrogens with one attached hydrogen (secondary N) is 2. The molecule has 0 aliphatic carbocycles. The van der Waals surface area contributed by atoms with Crippen molar-refractivity contribution < 1.29 is 0 Å². The number of anilines is 1. The van der Waals surface area contributed by atoms with Crippen LogP contribution in [0.4, 0.5) is 5.69 Å². The summed E-state index contributed by atoms with van der Waals surface area (Å²) in [6.45, 7) is 9.98. The van der Waals surface area contributed by atoms with Crippen molar-refractivity contribution in [3.05, 3.63) is 28.2 Å². The van der Waals surface area contributed by atoms with Crippen molar-refractivity contribution in [1.29, 1.82) is 0 Å². The SMILES string of the molecule is Cc1cc(Br)ccc1NCC(C)N1CCNCC1. The van der Waals surface area contributed by atoms with Crippen LogP contribution in [0.3, 0.4) is 0 Å². The molecular formula is C14H22BrN3. The largest absolute Gasteiger partial charge is 0.383 e. The molecule has 100 valence electrons. The molecule has 0 amide bonds. The van der Waals surface area contributed by atoms with Gasteiger partial charge in [-0.15, -0.1) is 0 Å². The molecule has 0 saturated carbocycles. The van der Waals surface area contributed by atoms with Crippen LogP contribution in [0.5, 0.6) is 0 Å². The lowest BCUT2D eigenvalue weighted by atomic mass is 10.2. The maximum Gasteiger partial charge on any atom is 0.0371 e. The van der Waals surface area contributed by atoms with Gasteiger partial charge in [-0.05, 0) is 37.6 Å². The Morgan fingerprint density at radius 1 is 1.39 bits per heavy atom. The van der Waals surface area contributed by atoms with Crippen LogP contribution >= 0.6 is 15.9 Å². The van der Waals surface area contributed by atoms with E-state index in [1.54, 1.807) is 0 Å². The fourth-order valence-electron chi connectivity index (χ4n) is 2.34. The minimum atomic E-state index is 0.579. The van der Waals surface area contributed by atoms with Crippen LogP contribution in [0.15, 0.2) is 22.7 Å². The number of nitrogens with zero attached hydrogens (tertiary/aromatic N) is 1. The molecule has 1 saturated heterocycles. The third-order valence-electron chi connectivity index (χ3n) is 3.55. The standard InChI is InChI=1S/C14H22BrN3/c1-11-9-13(15)3-4-14(11)17-10-12(2)18-7-5-16-6-8-18/h3-4,9,12,16-17H,5-8,10H2,1-2H3. The van der Waals surface area contributed by atoms with Crippen LogP contribution in [0.25, 0.3) is 0 Å². The highest BCUT2D eigenvalue weighted by atomic mass is 79.9. The number of benzene rings is 1. The summed E-state index contributed by atoms with van der Waals surface area (Å²) < 4.78 is 1.14. The maximum absolute atomic E-state index is 3.55. The minimum Gasteiger partial charge on any atom is -0.383 e. The second-order valence-electron chi connectivity index (χ2n) is 4.98. The average Bonchev–Trinajstić information content (AvgIpc) is 2.38. The van der Waals surface area contributed by atoms with E-state index in [1.807, 2.05) is 0 Å². The second-order valence-corrected chi connectivity index (χ2v) is 5.89. The van der Waals surface area contributed by atoms with E-state index in [0.29, 0.717) is 6.04 Å². The highest BCUT2D eigenvalue weighted by molar-refractivity contribution is 9.10. The molecule has 1 aliphatic rings. The van der Waals surface area contributed by atoms with E-state index in [2.05, 4.69) is 63.5 Å². The molecule has 4 heteroatoms. The number of hydrogen-bond acceptors (Lipinski definition) is 3. The van der Waals surface area contributed by atoms with E-state index >= 15 is 0 Å². The summed E-state index contributed by atoms with van der Waals surface area (Å²) in [6.07, 6.45) is 0. The number of hydrogen-bond donors (Lipinski definition) is 2. The zero-order chi connectivity index (χ0) is 13.0. The molecular weight excluding hydrogens is 290 g/mol. The smallest absolute Gasteiger partial charge is 0.0371 e. The van der Waals surface area contributed by atoms with Crippen molar-refractivity contribution in [3.8, 4) is 0 Å². The Kier molecular flexibility index (Phi) is 5.03. The molecule has 1 aromatic carbocycles. The Morgan fingerprint density at radius 2 is 2.11 bits per heavy atom. The van der Waals surface area contributed by atoms with Crippen LogP contribution in [-0.2, 0) is 0 Å². The summed E-state index contributed by atoms with van der Waals surface area (Å²) in [5.41, 5.74) is 2.53. The molecule has 18 heavy (non-hydrogen) atoms. The molecule has 0 bridgehead atoms.